The van der Waals surface area contributed by atoms with Gasteiger partial charge < -0.3 is 21.5 Å². The van der Waals surface area contributed by atoms with E-state index in [9.17, 15) is 14.4 Å². The van der Waals surface area contributed by atoms with Crippen LogP contribution in [0.15, 0.2) is 36.4 Å². The minimum Gasteiger partial charge on any atom is -0.461 e. The Bertz CT molecular complexity index is 1060. The number of hydrogen-bond donors (Lipinski definition) is 4. The van der Waals surface area contributed by atoms with Crippen LogP contribution in [-0.2, 0) is 9.53 Å². The fraction of sp³-hybridized carbons (Fsp3) is 0.500. The zero-order valence-corrected chi connectivity index (χ0v) is 25.0. The van der Waals surface area contributed by atoms with E-state index in [0.29, 0.717) is 17.5 Å². The van der Waals surface area contributed by atoms with Crippen molar-refractivity contribution in [3.63, 3.8) is 0 Å². The highest BCUT2D eigenvalue weighted by atomic mass is 32.1. The number of hydrogen-bond acceptors (Lipinski definition) is 6. The smallest absolute Gasteiger partial charge is 0.323 e. The number of nitrogens with two attached hydrogens (primary N) is 2. The average molecular weight is 559 g/mol. The third-order valence-electron chi connectivity index (χ3n) is 5.80. The monoisotopic (exact) mass is 558 g/mol. The van der Waals surface area contributed by atoms with Gasteiger partial charge in [0.25, 0.3) is 5.91 Å². The standard InChI is InChI=1S/C26H34N4O4S.2C2H6/c1-16(2)14-21(25(32)34-19-7-3-4-8-19)29-13-5-6-17-9-11-18(12-10-17)22-15-20(23(27)31)24(35-22)30-26(28)33;2*1-2/h5-6,9-12,15-16,19,21,29H,3-4,7-8,13-14H2,1-2H3,(H2,27,31)(H3,28,30,33);2*1-2H3/b6-5+;;/t21-;;/m0../s1. The Morgan fingerprint density at radius 3 is 2.21 bits per heavy atom. The minimum atomic E-state index is -0.752. The summed E-state index contributed by atoms with van der Waals surface area (Å²) in [6.45, 7) is 12.7. The van der Waals surface area contributed by atoms with Crippen LogP contribution in [0.5, 0.6) is 0 Å². The summed E-state index contributed by atoms with van der Waals surface area (Å²) in [7, 11) is 0. The number of urea groups is 1. The van der Waals surface area contributed by atoms with Crippen molar-refractivity contribution in [3.05, 3.63) is 47.5 Å². The number of rotatable bonds is 11. The number of primary amides is 2. The maximum Gasteiger partial charge on any atom is 0.323 e. The van der Waals surface area contributed by atoms with Gasteiger partial charge in [-0.05, 0) is 55.2 Å². The summed E-state index contributed by atoms with van der Waals surface area (Å²) in [5.74, 6) is -0.405. The molecule has 1 atom stereocenters. The lowest BCUT2D eigenvalue weighted by Gasteiger charge is -2.21. The lowest BCUT2D eigenvalue weighted by atomic mass is 10.0. The first kappa shape index (κ1) is 33.9. The number of ether oxygens (including phenoxy) is 1. The second-order valence-corrected chi connectivity index (χ2v) is 10.2. The fourth-order valence-electron chi connectivity index (χ4n) is 4.07. The topological polar surface area (TPSA) is 137 Å². The van der Waals surface area contributed by atoms with Crippen LogP contribution in [0.4, 0.5) is 9.80 Å². The summed E-state index contributed by atoms with van der Waals surface area (Å²) in [5.41, 5.74) is 12.7. The molecule has 3 amide bonds. The van der Waals surface area contributed by atoms with Gasteiger partial charge >= 0.3 is 12.0 Å². The normalized spacial score (nSPS) is 13.7. The summed E-state index contributed by atoms with van der Waals surface area (Å²) in [6, 6.07) is 8.35. The molecule has 1 aromatic heterocycles. The van der Waals surface area contributed by atoms with Crippen LogP contribution in [0.1, 0.15) is 89.6 Å². The van der Waals surface area contributed by atoms with E-state index >= 15 is 0 Å². The molecule has 216 valence electrons. The van der Waals surface area contributed by atoms with Gasteiger partial charge in [-0.3, -0.25) is 14.9 Å². The Labute approximate surface area is 237 Å². The van der Waals surface area contributed by atoms with E-state index in [0.717, 1.165) is 48.1 Å². The first-order valence-corrected chi connectivity index (χ1v) is 14.8. The van der Waals surface area contributed by atoms with Gasteiger partial charge in [0.15, 0.2) is 0 Å². The summed E-state index contributed by atoms with van der Waals surface area (Å²) in [6.07, 6.45) is 8.96. The van der Waals surface area contributed by atoms with Gasteiger partial charge in [-0.15, -0.1) is 11.3 Å². The summed E-state index contributed by atoms with van der Waals surface area (Å²) >= 11 is 1.23. The molecule has 1 fully saturated rings. The van der Waals surface area contributed by atoms with E-state index in [2.05, 4.69) is 24.5 Å². The largest absolute Gasteiger partial charge is 0.461 e. The number of thiophene rings is 1. The first-order chi connectivity index (χ1) is 18.7. The molecule has 0 unspecified atom stereocenters. The maximum absolute atomic E-state index is 12.6. The zero-order valence-electron chi connectivity index (χ0n) is 24.2. The van der Waals surface area contributed by atoms with Crippen LogP contribution in [0.3, 0.4) is 0 Å². The molecule has 3 rings (SSSR count). The quantitative estimate of drug-likeness (QED) is 0.232. The molecule has 0 aliphatic heterocycles. The van der Waals surface area contributed by atoms with Crippen molar-refractivity contribution >= 4 is 40.3 Å². The Balaban J connectivity index is 0.00000181. The van der Waals surface area contributed by atoms with E-state index in [4.69, 9.17) is 16.2 Å². The van der Waals surface area contributed by atoms with Crippen molar-refractivity contribution in [2.24, 2.45) is 17.4 Å². The Hall–Kier alpha value is -3.17. The van der Waals surface area contributed by atoms with Gasteiger partial charge in [0.1, 0.15) is 17.1 Å². The van der Waals surface area contributed by atoms with Crippen molar-refractivity contribution < 1.29 is 19.1 Å². The maximum atomic E-state index is 12.6. The van der Waals surface area contributed by atoms with E-state index in [-0.39, 0.29) is 23.7 Å². The average Bonchev–Trinajstić information content (AvgIpc) is 3.58. The van der Waals surface area contributed by atoms with Crippen molar-refractivity contribution in [2.45, 2.75) is 85.8 Å². The molecule has 1 aliphatic carbocycles. The van der Waals surface area contributed by atoms with Crippen molar-refractivity contribution in [2.75, 3.05) is 11.9 Å². The van der Waals surface area contributed by atoms with E-state index in [1.54, 1.807) is 6.07 Å². The number of amides is 3. The number of esters is 1. The number of anilines is 1. The van der Waals surface area contributed by atoms with Crippen LogP contribution >= 0.6 is 11.3 Å². The van der Waals surface area contributed by atoms with Crippen molar-refractivity contribution in [3.8, 4) is 10.4 Å². The second-order valence-electron chi connectivity index (χ2n) is 9.17. The molecule has 1 heterocycles. The molecular weight excluding hydrogens is 512 g/mol. The highest BCUT2D eigenvalue weighted by molar-refractivity contribution is 7.20. The van der Waals surface area contributed by atoms with Crippen LogP contribution in [0.25, 0.3) is 16.5 Å². The highest BCUT2D eigenvalue weighted by Gasteiger charge is 2.25. The zero-order chi connectivity index (χ0) is 29.4. The minimum absolute atomic E-state index is 0.0677. The van der Waals surface area contributed by atoms with Crippen LogP contribution < -0.4 is 22.1 Å². The SMILES string of the molecule is CC.CC.CC(C)C[C@H](NC/C=C/c1ccc(-c2cc(C(N)=O)c(NC(N)=O)s2)cc1)C(=O)OC1CCCC1. The molecule has 0 bridgehead atoms. The Kier molecular flexibility index (Phi) is 15.8. The third kappa shape index (κ3) is 11.6. The van der Waals surface area contributed by atoms with E-state index < -0.39 is 11.9 Å². The molecule has 1 aliphatic rings. The predicted molar refractivity (Wildman–Crippen MR) is 163 cm³/mol. The third-order valence-corrected chi connectivity index (χ3v) is 6.90. The number of carbonyl (C=O) groups excluding carboxylic acids is 3. The molecule has 6 N–H and O–H groups in total. The lowest BCUT2D eigenvalue weighted by molar-refractivity contribution is -0.151. The summed E-state index contributed by atoms with van der Waals surface area (Å²) < 4.78 is 5.71. The summed E-state index contributed by atoms with van der Waals surface area (Å²) in [4.78, 5) is 36.3. The van der Waals surface area contributed by atoms with Gasteiger partial charge in [-0.25, -0.2) is 4.79 Å². The molecule has 0 radical (unpaired) electrons. The number of benzene rings is 1. The molecule has 0 spiro atoms. The first-order valence-electron chi connectivity index (χ1n) is 13.9. The van der Waals surface area contributed by atoms with E-state index in [1.807, 2.05) is 64.1 Å². The molecule has 0 saturated heterocycles. The van der Waals surface area contributed by atoms with Crippen molar-refractivity contribution in [1.29, 1.82) is 0 Å². The molecule has 39 heavy (non-hydrogen) atoms. The van der Waals surface area contributed by atoms with Crippen LogP contribution in [-0.4, -0.2) is 36.6 Å². The predicted octanol–water partition coefficient (Wildman–Crippen LogP) is 6.56. The molecule has 1 aromatic carbocycles. The van der Waals surface area contributed by atoms with Gasteiger partial charge in [-0.1, -0.05) is 78.0 Å². The fourth-order valence-corrected chi connectivity index (χ4v) is 5.14. The highest BCUT2D eigenvalue weighted by Crippen LogP contribution is 2.35. The number of nitrogens with one attached hydrogen (secondary N) is 2. The molecule has 1 saturated carbocycles. The van der Waals surface area contributed by atoms with Gasteiger partial charge in [0.05, 0.1) is 5.56 Å². The lowest BCUT2D eigenvalue weighted by Crippen LogP contribution is -2.40. The van der Waals surface area contributed by atoms with Crippen LogP contribution in [0.2, 0.25) is 0 Å². The Morgan fingerprint density at radius 1 is 1.05 bits per heavy atom. The summed E-state index contributed by atoms with van der Waals surface area (Å²) in [5, 5.41) is 6.09. The molecule has 8 nitrogen and oxygen atoms in total. The molecule has 2 aromatic rings. The van der Waals surface area contributed by atoms with E-state index in [1.165, 1.54) is 11.3 Å². The van der Waals surface area contributed by atoms with Crippen LogP contribution in [0, 0.1) is 5.92 Å². The number of carbonyl (C=O) groups is 3. The Morgan fingerprint density at radius 2 is 1.67 bits per heavy atom. The molecule has 9 heteroatoms. The van der Waals surface area contributed by atoms with Gasteiger partial charge in [0.2, 0.25) is 0 Å². The second kappa shape index (κ2) is 18.2. The van der Waals surface area contributed by atoms with Crippen molar-refractivity contribution in [1.82, 2.24) is 5.32 Å². The van der Waals surface area contributed by atoms with Gasteiger partial charge in [0, 0.05) is 11.4 Å². The molecular formula is C30H46N4O4S. The van der Waals surface area contributed by atoms with Gasteiger partial charge in [-0.2, -0.15) is 0 Å².